The zero-order chi connectivity index (χ0) is 18.9. The molecule has 0 aromatic heterocycles. The highest BCUT2D eigenvalue weighted by Gasteiger charge is 2.17. The molecule has 1 saturated heterocycles. The fourth-order valence-electron chi connectivity index (χ4n) is 3.99. The molecule has 0 saturated carbocycles. The summed E-state index contributed by atoms with van der Waals surface area (Å²) in [5.41, 5.74) is 0. The Balaban J connectivity index is 1.87. The van der Waals surface area contributed by atoms with Gasteiger partial charge >= 0.3 is 0 Å². The molecular formula is C23H46N2O. The van der Waals surface area contributed by atoms with Crippen LogP contribution in [-0.4, -0.2) is 48.4 Å². The molecule has 1 fully saturated rings. The number of hydrogen-bond acceptors (Lipinski definition) is 2. The van der Waals surface area contributed by atoms with Gasteiger partial charge in [0.15, 0.2) is 0 Å². The number of carbonyl (C=O) groups excluding carboxylic acids is 1. The predicted molar refractivity (Wildman–Crippen MR) is 114 cm³/mol. The molecule has 0 aromatic rings. The number of amides is 1. The summed E-state index contributed by atoms with van der Waals surface area (Å²) in [7, 11) is 0. The Morgan fingerprint density at radius 2 is 1.19 bits per heavy atom. The largest absolute Gasteiger partial charge is 0.341 e. The van der Waals surface area contributed by atoms with Gasteiger partial charge in [-0.05, 0) is 25.9 Å². The first-order chi connectivity index (χ1) is 12.8. The average Bonchev–Trinajstić information content (AvgIpc) is 2.91. The Hall–Kier alpha value is -0.570. The van der Waals surface area contributed by atoms with Crippen molar-refractivity contribution in [2.24, 2.45) is 0 Å². The first-order valence-corrected chi connectivity index (χ1v) is 11.8. The second-order valence-electron chi connectivity index (χ2n) is 8.16. The Bertz CT molecular complexity index is 332. The zero-order valence-corrected chi connectivity index (χ0v) is 17.9. The van der Waals surface area contributed by atoms with Gasteiger partial charge < -0.3 is 9.80 Å². The van der Waals surface area contributed by atoms with Crippen molar-refractivity contribution in [1.82, 2.24) is 9.80 Å². The van der Waals surface area contributed by atoms with Crippen molar-refractivity contribution < 1.29 is 4.79 Å². The van der Waals surface area contributed by atoms with Gasteiger partial charge in [-0.2, -0.15) is 0 Å². The van der Waals surface area contributed by atoms with Crippen LogP contribution >= 0.6 is 0 Å². The van der Waals surface area contributed by atoms with Crippen LogP contribution in [0.15, 0.2) is 0 Å². The minimum absolute atomic E-state index is 0.394. The van der Waals surface area contributed by atoms with Crippen LogP contribution in [0.4, 0.5) is 0 Å². The molecule has 3 heteroatoms. The van der Waals surface area contributed by atoms with Gasteiger partial charge in [-0.15, -0.1) is 0 Å². The lowest BCUT2D eigenvalue weighted by Gasteiger charge is -2.21. The van der Waals surface area contributed by atoms with E-state index in [2.05, 4.69) is 23.6 Å². The number of nitrogens with zero attached hydrogens (tertiary/aromatic N) is 2. The van der Waals surface area contributed by atoms with Gasteiger partial charge in [0.1, 0.15) is 0 Å². The Labute approximate surface area is 163 Å². The monoisotopic (exact) mass is 366 g/mol. The van der Waals surface area contributed by atoms with Gasteiger partial charge in [0.25, 0.3) is 0 Å². The van der Waals surface area contributed by atoms with Crippen molar-refractivity contribution in [2.75, 3.05) is 32.7 Å². The predicted octanol–water partition coefficient (Wildman–Crippen LogP) is 6.02. The summed E-state index contributed by atoms with van der Waals surface area (Å²) in [6, 6.07) is 0. The van der Waals surface area contributed by atoms with Crippen molar-refractivity contribution in [3.8, 4) is 0 Å². The quantitative estimate of drug-likeness (QED) is 0.331. The van der Waals surface area contributed by atoms with Gasteiger partial charge in [-0.3, -0.25) is 4.79 Å². The molecule has 3 nitrogen and oxygen atoms in total. The standard InChI is InChI=1S/C23H46N2O/c1-3-5-6-7-8-9-10-11-12-13-14-15-16-18-23(26)25-20-17-19-24(4-2)21-22-25/h3-22H2,1-2H3. The summed E-state index contributed by atoms with van der Waals surface area (Å²) >= 11 is 0. The van der Waals surface area contributed by atoms with Crippen LogP contribution in [0.3, 0.4) is 0 Å². The van der Waals surface area contributed by atoms with E-state index in [9.17, 15) is 4.79 Å². The first-order valence-electron chi connectivity index (χ1n) is 11.8. The highest BCUT2D eigenvalue weighted by molar-refractivity contribution is 5.76. The van der Waals surface area contributed by atoms with E-state index in [1.165, 1.54) is 77.0 Å². The van der Waals surface area contributed by atoms with Gasteiger partial charge in [-0.1, -0.05) is 90.9 Å². The lowest BCUT2D eigenvalue weighted by Crippen LogP contribution is -2.35. The molecule has 0 atom stereocenters. The van der Waals surface area contributed by atoms with E-state index in [0.717, 1.165) is 52.0 Å². The third kappa shape index (κ3) is 11.9. The SMILES string of the molecule is CCCCCCCCCCCCCCCC(=O)N1CCCN(CC)CC1. The van der Waals surface area contributed by atoms with E-state index in [0.29, 0.717) is 5.91 Å². The van der Waals surface area contributed by atoms with Gasteiger partial charge in [-0.25, -0.2) is 0 Å². The van der Waals surface area contributed by atoms with Crippen LogP contribution in [0, 0.1) is 0 Å². The topological polar surface area (TPSA) is 23.6 Å². The Kier molecular flexibility index (Phi) is 15.0. The van der Waals surface area contributed by atoms with Crippen LogP contribution < -0.4 is 0 Å². The Morgan fingerprint density at radius 1 is 0.654 bits per heavy atom. The van der Waals surface area contributed by atoms with E-state index < -0.39 is 0 Å². The molecule has 0 aliphatic carbocycles. The fourth-order valence-corrected chi connectivity index (χ4v) is 3.99. The molecular weight excluding hydrogens is 320 g/mol. The number of carbonyl (C=O) groups is 1. The lowest BCUT2D eigenvalue weighted by atomic mass is 10.0. The second kappa shape index (κ2) is 16.6. The fraction of sp³-hybridized carbons (Fsp3) is 0.957. The number of hydrogen-bond donors (Lipinski definition) is 0. The molecule has 0 bridgehead atoms. The van der Waals surface area contributed by atoms with Crippen LogP contribution in [0.5, 0.6) is 0 Å². The molecule has 0 N–H and O–H groups in total. The maximum Gasteiger partial charge on any atom is 0.222 e. The summed E-state index contributed by atoms with van der Waals surface area (Å²) < 4.78 is 0. The van der Waals surface area contributed by atoms with Crippen LogP contribution in [0.25, 0.3) is 0 Å². The van der Waals surface area contributed by atoms with Crippen LogP contribution in [0.1, 0.15) is 110 Å². The third-order valence-electron chi connectivity index (χ3n) is 5.88. The highest BCUT2D eigenvalue weighted by atomic mass is 16.2. The minimum Gasteiger partial charge on any atom is -0.341 e. The first kappa shape index (κ1) is 23.5. The van der Waals surface area contributed by atoms with E-state index >= 15 is 0 Å². The molecule has 1 rings (SSSR count). The molecule has 1 amide bonds. The molecule has 0 radical (unpaired) electrons. The number of unbranched alkanes of at least 4 members (excludes halogenated alkanes) is 12. The Morgan fingerprint density at radius 3 is 1.73 bits per heavy atom. The van der Waals surface area contributed by atoms with Gasteiger partial charge in [0, 0.05) is 26.1 Å². The van der Waals surface area contributed by atoms with Crippen molar-refractivity contribution >= 4 is 5.91 Å². The summed E-state index contributed by atoms with van der Waals surface area (Å²) in [6.45, 7) is 9.72. The van der Waals surface area contributed by atoms with Crippen molar-refractivity contribution in [1.29, 1.82) is 0 Å². The van der Waals surface area contributed by atoms with Gasteiger partial charge in [0.05, 0.1) is 0 Å². The molecule has 154 valence electrons. The lowest BCUT2D eigenvalue weighted by molar-refractivity contribution is -0.131. The summed E-state index contributed by atoms with van der Waals surface area (Å²) in [4.78, 5) is 16.9. The maximum absolute atomic E-state index is 12.4. The molecule has 0 spiro atoms. The number of rotatable bonds is 15. The highest BCUT2D eigenvalue weighted by Crippen LogP contribution is 2.13. The zero-order valence-electron chi connectivity index (χ0n) is 17.9. The van der Waals surface area contributed by atoms with Crippen molar-refractivity contribution in [3.05, 3.63) is 0 Å². The molecule has 1 heterocycles. The molecule has 26 heavy (non-hydrogen) atoms. The van der Waals surface area contributed by atoms with Crippen LogP contribution in [0.2, 0.25) is 0 Å². The maximum atomic E-state index is 12.4. The van der Waals surface area contributed by atoms with E-state index in [-0.39, 0.29) is 0 Å². The second-order valence-corrected chi connectivity index (χ2v) is 8.16. The molecule has 1 aliphatic heterocycles. The van der Waals surface area contributed by atoms with E-state index in [1.54, 1.807) is 0 Å². The third-order valence-corrected chi connectivity index (χ3v) is 5.88. The molecule has 0 aromatic carbocycles. The van der Waals surface area contributed by atoms with Crippen LogP contribution in [-0.2, 0) is 4.79 Å². The molecule has 0 unspecified atom stereocenters. The van der Waals surface area contributed by atoms with Crippen molar-refractivity contribution in [2.45, 2.75) is 110 Å². The van der Waals surface area contributed by atoms with Gasteiger partial charge in [0.2, 0.25) is 5.91 Å². The van der Waals surface area contributed by atoms with Crippen molar-refractivity contribution in [3.63, 3.8) is 0 Å². The average molecular weight is 367 g/mol. The summed E-state index contributed by atoms with van der Waals surface area (Å²) in [5, 5.41) is 0. The normalized spacial score (nSPS) is 16.0. The minimum atomic E-state index is 0.394. The van der Waals surface area contributed by atoms with E-state index in [1.807, 2.05) is 0 Å². The van der Waals surface area contributed by atoms with E-state index in [4.69, 9.17) is 0 Å². The molecule has 1 aliphatic rings. The summed E-state index contributed by atoms with van der Waals surface area (Å²) in [6.07, 6.45) is 19.6. The summed E-state index contributed by atoms with van der Waals surface area (Å²) in [5.74, 6) is 0.394. The smallest absolute Gasteiger partial charge is 0.222 e. The number of likely N-dealkylation sites (N-methyl/N-ethyl adjacent to an activating group) is 1.